The van der Waals surface area contributed by atoms with Crippen LogP contribution in [0.5, 0.6) is 0 Å². The molecule has 1 amide bonds. The Hall–Kier alpha value is -3.00. The topological polar surface area (TPSA) is 81.4 Å². The first-order valence-corrected chi connectivity index (χ1v) is 8.98. The van der Waals surface area contributed by atoms with Crippen molar-refractivity contribution in [2.45, 2.75) is 19.4 Å². The molecule has 8 heteroatoms. The molecule has 2 heterocycles. The summed E-state index contributed by atoms with van der Waals surface area (Å²) < 4.78 is 24.2. The third-order valence-electron chi connectivity index (χ3n) is 3.80. The number of hydrogen-bond donors (Lipinski definition) is 1. The fourth-order valence-corrected chi connectivity index (χ4v) is 3.30. The molecule has 0 fully saturated rings. The van der Waals surface area contributed by atoms with E-state index in [0.717, 1.165) is 5.76 Å². The Labute approximate surface area is 159 Å². The number of carbonyl (C=O) groups excluding carboxylic acids is 2. The number of esters is 1. The summed E-state index contributed by atoms with van der Waals surface area (Å²) in [6.45, 7) is 1.83. The van der Waals surface area contributed by atoms with Gasteiger partial charge < -0.3 is 14.5 Å². The Balaban J connectivity index is 1.72. The van der Waals surface area contributed by atoms with Gasteiger partial charge in [-0.05, 0) is 25.1 Å². The SMILES string of the molecule is COC(=O)[C@@H](NC(=O)Cc1csc(-c2ccc(C)o2)n1)c1ccccc1F. The van der Waals surface area contributed by atoms with E-state index in [1.807, 2.05) is 19.1 Å². The molecule has 140 valence electrons. The first kappa shape index (κ1) is 18.8. The highest BCUT2D eigenvalue weighted by Crippen LogP contribution is 2.26. The van der Waals surface area contributed by atoms with Gasteiger partial charge in [0, 0.05) is 10.9 Å². The van der Waals surface area contributed by atoms with Gasteiger partial charge in [0.15, 0.2) is 16.8 Å². The number of benzene rings is 1. The van der Waals surface area contributed by atoms with Crippen molar-refractivity contribution in [1.29, 1.82) is 0 Å². The highest BCUT2D eigenvalue weighted by Gasteiger charge is 2.26. The van der Waals surface area contributed by atoms with Crippen LogP contribution >= 0.6 is 11.3 Å². The predicted octanol–water partition coefficient (Wildman–Crippen LogP) is 3.42. The van der Waals surface area contributed by atoms with E-state index in [2.05, 4.69) is 10.3 Å². The lowest BCUT2D eigenvalue weighted by Gasteiger charge is -2.17. The average molecular weight is 388 g/mol. The maximum Gasteiger partial charge on any atom is 0.333 e. The first-order valence-electron chi connectivity index (χ1n) is 8.10. The van der Waals surface area contributed by atoms with Crippen LogP contribution in [-0.2, 0) is 20.7 Å². The largest absolute Gasteiger partial charge is 0.467 e. The number of nitrogens with zero attached hydrogens (tertiary/aromatic N) is 1. The van der Waals surface area contributed by atoms with Gasteiger partial charge in [-0.25, -0.2) is 14.2 Å². The van der Waals surface area contributed by atoms with E-state index in [9.17, 15) is 14.0 Å². The van der Waals surface area contributed by atoms with E-state index in [1.54, 1.807) is 11.4 Å². The monoisotopic (exact) mass is 388 g/mol. The Kier molecular flexibility index (Phi) is 5.66. The van der Waals surface area contributed by atoms with Crippen molar-refractivity contribution in [3.05, 3.63) is 64.6 Å². The molecule has 0 aliphatic carbocycles. The van der Waals surface area contributed by atoms with Gasteiger partial charge in [-0.15, -0.1) is 11.3 Å². The Bertz CT molecular complexity index is 966. The lowest BCUT2D eigenvalue weighted by molar-refractivity contribution is -0.145. The van der Waals surface area contributed by atoms with Crippen LogP contribution in [0.25, 0.3) is 10.8 Å². The normalized spacial score (nSPS) is 11.8. The second-order valence-electron chi connectivity index (χ2n) is 5.78. The molecule has 0 spiro atoms. The molecule has 0 aliphatic rings. The molecule has 2 aromatic heterocycles. The van der Waals surface area contributed by atoms with E-state index in [4.69, 9.17) is 9.15 Å². The molecule has 0 bridgehead atoms. The van der Waals surface area contributed by atoms with Crippen LogP contribution in [0.15, 0.2) is 46.2 Å². The summed E-state index contributed by atoms with van der Waals surface area (Å²) in [7, 11) is 1.18. The Morgan fingerprint density at radius 1 is 1.30 bits per heavy atom. The molecule has 1 aromatic carbocycles. The molecule has 6 nitrogen and oxygen atoms in total. The van der Waals surface area contributed by atoms with E-state index < -0.39 is 23.7 Å². The van der Waals surface area contributed by atoms with Gasteiger partial charge in [-0.2, -0.15) is 0 Å². The highest BCUT2D eigenvalue weighted by atomic mass is 32.1. The molecule has 27 heavy (non-hydrogen) atoms. The van der Waals surface area contributed by atoms with Crippen molar-refractivity contribution in [3.8, 4) is 10.8 Å². The number of ether oxygens (including phenoxy) is 1. The molecule has 0 saturated carbocycles. The first-order chi connectivity index (χ1) is 13.0. The second kappa shape index (κ2) is 8.13. The van der Waals surface area contributed by atoms with E-state index in [0.29, 0.717) is 16.5 Å². The molecular weight excluding hydrogens is 371 g/mol. The molecular formula is C19H17FN2O4S. The summed E-state index contributed by atoms with van der Waals surface area (Å²) in [5, 5.41) is 4.91. The molecule has 3 rings (SSSR count). The summed E-state index contributed by atoms with van der Waals surface area (Å²) >= 11 is 1.35. The van der Waals surface area contributed by atoms with E-state index >= 15 is 0 Å². The number of methoxy groups -OCH3 is 1. The number of aromatic nitrogens is 1. The van der Waals surface area contributed by atoms with Crippen LogP contribution in [0.1, 0.15) is 23.1 Å². The third kappa shape index (κ3) is 4.40. The number of nitrogens with one attached hydrogen (secondary N) is 1. The minimum atomic E-state index is -1.23. The highest BCUT2D eigenvalue weighted by molar-refractivity contribution is 7.13. The van der Waals surface area contributed by atoms with Crippen LogP contribution in [0.2, 0.25) is 0 Å². The van der Waals surface area contributed by atoms with Crippen molar-refractivity contribution >= 4 is 23.2 Å². The second-order valence-corrected chi connectivity index (χ2v) is 6.63. The van der Waals surface area contributed by atoms with Crippen molar-refractivity contribution in [3.63, 3.8) is 0 Å². The summed E-state index contributed by atoms with van der Waals surface area (Å²) in [4.78, 5) is 28.8. The van der Waals surface area contributed by atoms with Crippen molar-refractivity contribution in [2.24, 2.45) is 0 Å². The van der Waals surface area contributed by atoms with Gasteiger partial charge in [0.1, 0.15) is 11.6 Å². The van der Waals surface area contributed by atoms with E-state index in [1.165, 1.54) is 36.6 Å². The number of amides is 1. The van der Waals surface area contributed by atoms with Gasteiger partial charge in [0.2, 0.25) is 5.91 Å². The van der Waals surface area contributed by atoms with Crippen molar-refractivity contribution in [1.82, 2.24) is 10.3 Å². The van der Waals surface area contributed by atoms with Crippen LogP contribution in [0, 0.1) is 12.7 Å². The summed E-state index contributed by atoms with van der Waals surface area (Å²) in [5.41, 5.74) is 0.571. The van der Waals surface area contributed by atoms with Crippen LogP contribution in [0.4, 0.5) is 4.39 Å². The summed E-state index contributed by atoms with van der Waals surface area (Å²) in [6, 6.07) is 8.14. The summed E-state index contributed by atoms with van der Waals surface area (Å²) in [6.07, 6.45) is -0.0574. The average Bonchev–Trinajstić information content (AvgIpc) is 3.28. The van der Waals surface area contributed by atoms with Crippen molar-refractivity contribution < 1.29 is 23.1 Å². The maximum atomic E-state index is 14.0. The smallest absolute Gasteiger partial charge is 0.333 e. The van der Waals surface area contributed by atoms with Gasteiger partial charge in [-0.3, -0.25) is 4.79 Å². The zero-order chi connectivity index (χ0) is 19.4. The summed E-state index contributed by atoms with van der Waals surface area (Å²) in [5.74, 6) is -0.426. The quantitative estimate of drug-likeness (QED) is 0.655. The van der Waals surface area contributed by atoms with Gasteiger partial charge >= 0.3 is 5.97 Å². The number of hydrogen-bond acceptors (Lipinski definition) is 6. The Morgan fingerprint density at radius 2 is 2.07 bits per heavy atom. The zero-order valence-electron chi connectivity index (χ0n) is 14.7. The van der Waals surface area contributed by atoms with Crippen LogP contribution in [-0.4, -0.2) is 24.0 Å². The Morgan fingerprint density at radius 3 is 2.74 bits per heavy atom. The third-order valence-corrected chi connectivity index (χ3v) is 4.71. The zero-order valence-corrected chi connectivity index (χ0v) is 15.5. The predicted molar refractivity (Wildman–Crippen MR) is 97.6 cm³/mol. The number of furan rings is 1. The molecule has 0 aliphatic heterocycles. The lowest BCUT2D eigenvalue weighted by atomic mass is 10.1. The fourth-order valence-electron chi connectivity index (χ4n) is 2.52. The van der Waals surface area contributed by atoms with Crippen LogP contribution < -0.4 is 5.32 Å². The number of halogens is 1. The van der Waals surface area contributed by atoms with Gasteiger partial charge in [0.05, 0.1) is 19.2 Å². The lowest BCUT2D eigenvalue weighted by Crippen LogP contribution is -2.36. The molecule has 0 saturated heterocycles. The molecule has 1 N–H and O–H groups in total. The minimum absolute atomic E-state index is 0.0442. The van der Waals surface area contributed by atoms with Gasteiger partial charge in [-0.1, -0.05) is 18.2 Å². The molecule has 1 atom stereocenters. The number of rotatable bonds is 6. The number of carbonyl (C=O) groups is 2. The maximum absolute atomic E-state index is 14.0. The standard InChI is InChI=1S/C19H17FN2O4S/c1-11-7-8-15(26-11)18-21-12(10-27-18)9-16(23)22-17(19(24)25-2)13-5-3-4-6-14(13)20/h3-8,10,17H,9H2,1-2H3,(H,22,23)/t17-/m0/s1. The van der Waals surface area contributed by atoms with Crippen molar-refractivity contribution in [2.75, 3.05) is 7.11 Å². The van der Waals surface area contributed by atoms with E-state index in [-0.39, 0.29) is 12.0 Å². The number of aryl methyl sites for hydroxylation is 1. The fraction of sp³-hybridized carbons (Fsp3) is 0.211. The molecule has 0 unspecified atom stereocenters. The van der Waals surface area contributed by atoms with Crippen LogP contribution in [0.3, 0.4) is 0 Å². The minimum Gasteiger partial charge on any atom is -0.467 e. The van der Waals surface area contributed by atoms with Gasteiger partial charge in [0.25, 0.3) is 0 Å². The molecule has 0 radical (unpaired) electrons. The number of thiazole rings is 1. The molecule has 3 aromatic rings.